The smallest absolute Gasteiger partial charge is 0.233 e. The Morgan fingerprint density at radius 3 is 2.86 bits per heavy atom. The third kappa shape index (κ3) is 2.83. The fraction of sp³-hybridized carbons (Fsp3) is 0.375. The number of hydrogen-bond donors (Lipinski definition) is 1. The van der Waals surface area contributed by atoms with Crippen LogP contribution in [0.5, 0.6) is 5.88 Å². The molecule has 0 saturated carbocycles. The van der Waals surface area contributed by atoms with Crippen molar-refractivity contribution in [2.75, 3.05) is 25.6 Å². The van der Waals surface area contributed by atoms with Crippen LogP contribution in [0.15, 0.2) is 36.7 Å². The molecule has 0 aliphatic carbocycles. The number of methoxy groups -OCH3 is 1. The second-order valence-corrected chi connectivity index (χ2v) is 5.23. The molecule has 3 rings (SSSR count). The number of fused-ring (bicyclic) bond motifs is 1. The van der Waals surface area contributed by atoms with E-state index in [9.17, 15) is 0 Å². The highest BCUT2D eigenvalue weighted by Crippen LogP contribution is 2.27. The minimum Gasteiger partial charge on any atom is -0.480 e. The highest BCUT2D eigenvalue weighted by atomic mass is 16.5. The SMILES string of the molecule is CNCC1Cc2ccccc2CN1c1cncc(OC)n1. The normalized spacial score (nSPS) is 17.4. The predicted octanol–water partition coefficient (Wildman–Crippen LogP) is 1.64. The van der Waals surface area contributed by atoms with Crippen LogP contribution in [0.2, 0.25) is 0 Å². The van der Waals surface area contributed by atoms with Gasteiger partial charge in [0.1, 0.15) is 0 Å². The van der Waals surface area contributed by atoms with Crippen molar-refractivity contribution in [1.82, 2.24) is 15.3 Å². The summed E-state index contributed by atoms with van der Waals surface area (Å²) in [5, 5.41) is 3.28. The van der Waals surface area contributed by atoms with Crippen LogP contribution in [-0.2, 0) is 13.0 Å². The van der Waals surface area contributed by atoms with E-state index in [1.54, 1.807) is 19.5 Å². The monoisotopic (exact) mass is 284 g/mol. The van der Waals surface area contributed by atoms with Gasteiger partial charge in [0.25, 0.3) is 0 Å². The minimum atomic E-state index is 0.367. The van der Waals surface area contributed by atoms with Gasteiger partial charge < -0.3 is 15.0 Å². The standard InChI is InChI=1S/C16H20N4O/c1-17-8-14-7-12-5-3-4-6-13(12)11-20(14)15-9-18-10-16(19-15)21-2/h3-6,9-10,14,17H,7-8,11H2,1-2H3. The maximum Gasteiger partial charge on any atom is 0.233 e. The zero-order chi connectivity index (χ0) is 14.7. The quantitative estimate of drug-likeness (QED) is 0.925. The number of benzene rings is 1. The van der Waals surface area contributed by atoms with Crippen LogP contribution >= 0.6 is 0 Å². The van der Waals surface area contributed by atoms with Crippen LogP contribution < -0.4 is 15.0 Å². The van der Waals surface area contributed by atoms with E-state index in [0.29, 0.717) is 11.9 Å². The average Bonchev–Trinajstić information content (AvgIpc) is 2.54. The topological polar surface area (TPSA) is 50.3 Å². The summed E-state index contributed by atoms with van der Waals surface area (Å²) in [6.45, 7) is 1.76. The van der Waals surface area contributed by atoms with Gasteiger partial charge in [-0.3, -0.25) is 4.98 Å². The van der Waals surface area contributed by atoms with Gasteiger partial charge in [-0.1, -0.05) is 24.3 Å². The van der Waals surface area contributed by atoms with Gasteiger partial charge in [0.05, 0.1) is 19.5 Å². The van der Waals surface area contributed by atoms with E-state index >= 15 is 0 Å². The van der Waals surface area contributed by atoms with Crippen LogP contribution in [0.1, 0.15) is 11.1 Å². The van der Waals surface area contributed by atoms with Crippen LogP contribution in [0.25, 0.3) is 0 Å². The second-order valence-electron chi connectivity index (χ2n) is 5.23. The summed E-state index contributed by atoms with van der Waals surface area (Å²) < 4.78 is 5.19. The Morgan fingerprint density at radius 1 is 1.29 bits per heavy atom. The van der Waals surface area contributed by atoms with Crippen molar-refractivity contribution in [3.05, 3.63) is 47.8 Å². The van der Waals surface area contributed by atoms with Crippen molar-refractivity contribution in [2.45, 2.75) is 19.0 Å². The molecule has 110 valence electrons. The zero-order valence-corrected chi connectivity index (χ0v) is 12.4. The number of aromatic nitrogens is 2. The van der Waals surface area contributed by atoms with Gasteiger partial charge in [0.15, 0.2) is 5.82 Å². The van der Waals surface area contributed by atoms with E-state index in [4.69, 9.17) is 4.74 Å². The lowest BCUT2D eigenvalue weighted by Crippen LogP contribution is -2.46. The summed E-state index contributed by atoms with van der Waals surface area (Å²) in [6, 6.07) is 8.97. The molecule has 1 aromatic heterocycles. The number of nitrogens with one attached hydrogen (secondary N) is 1. The minimum absolute atomic E-state index is 0.367. The molecule has 0 bridgehead atoms. The molecule has 0 amide bonds. The van der Waals surface area contributed by atoms with E-state index in [2.05, 4.69) is 44.5 Å². The fourth-order valence-corrected chi connectivity index (χ4v) is 2.85. The lowest BCUT2D eigenvalue weighted by Gasteiger charge is -2.37. The first-order valence-corrected chi connectivity index (χ1v) is 7.16. The molecule has 0 radical (unpaired) electrons. The van der Waals surface area contributed by atoms with Crippen LogP contribution in [0.4, 0.5) is 5.82 Å². The Morgan fingerprint density at radius 2 is 2.10 bits per heavy atom. The van der Waals surface area contributed by atoms with Crippen LogP contribution in [0, 0.1) is 0 Å². The molecular weight excluding hydrogens is 264 g/mol. The molecule has 21 heavy (non-hydrogen) atoms. The largest absolute Gasteiger partial charge is 0.480 e. The Bertz CT molecular complexity index is 617. The van der Waals surface area contributed by atoms with Crippen molar-refractivity contribution in [2.24, 2.45) is 0 Å². The fourth-order valence-electron chi connectivity index (χ4n) is 2.85. The van der Waals surface area contributed by atoms with E-state index in [-0.39, 0.29) is 0 Å². The summed E-state index contributed by atoms with van der Waals surface area (Å²) >= 11 is 0. The molecule has 5 nitrogen and oxygen atoms in total. The van der Waals surface area contributed by atoms with Crippen LogP contribution in [0.3, 0.4) is 0 Å². The van der Waals surface area contributed by atoms with Gasteiger partial charge >= 0.3 is 0 Å². The molecule has 1 atom stereocenters. The number of likely N-dealkylation sites (N-methyl/N-ethyl adjacent to an activating group) is 1. The lowest BCUT2D eigenvalue weighted by atomic mass is 9.94. The third-order valence-corrected chi connectivity index (χ3v) is 3.90. The molecule has 2 aromatic rings. The Balaban J connectivity index is 1.94. The van der Waals surface area contributed by atoms with E-state index < -0.39 is 0 Å². The summed E-state index contributed by atoms with van der Waals surface area (Å²) in [6.07, 6.45) is 4.45. The van der Waals surface area contributed by atoms with Crippen molar-refractivity contribution in [3.8, 4) is 5.88 Å². The van der Waals surface area contributed by atoms with Gasteiger partial charge in [-0.25, -0.2) is 0 Å². The van der Waals surface area contributed by atoms with Crippen molar-refractivity contribution in [1.29, 1.82) is 0 Å². The number of anilines is 1. The maximum absolute atomic E-state index is 5.19. The van der Waals surface area contributed by atoms with Crippen molar-refractivity contribution >= 4 is 5.82 Å². The molecule has 5 heteroatoms. The average molecular weight is 284 g/mol. The van der Waals surface area contributed by atoms with Gasteiger partial charge in [-0.2, -0.15) is 4.98 Å². The summed E-state index contributed by atoms with van der Waals surface area (Å²) in [4.78, 5) is 11.1. The molecule has 1 unspecified atom stereocenters. The van der Waals surface area contributed by atoms with E-state index in [1.807, 2.05) is 7.05 Å². The molecule has 1 aromatic carbocycles. The molecular formula is C16H20N4O. The molecule has 2 heterocycles. The van der Waals surface area contributed by atoms with Gasteiger partial charge in [0.2, 0.25) is 5.88 Å². The second kappa shape index (κ2) is 6.10. The summed E-state index contributed by atoms with van der Waals surface area (Å²) in [5.74, 6) is 1.42. The van der Waals surface area contributed by atoms with Crippen LogP contribution in [-0.4, -0.2) is 36.7 Å². The van der Waals surface area contributed by atoms with Gasteiger partial charge in [-0.05, 0) is 24.6 Å². The molecule has 0 fully saturated rings. The van der Waals surface area contributed by atoms with E-state index in [0.717, 1.165) is 25.3 Å². The summed E-state index contributed by atoms with van der Waals surface area (Å²) in [5.41, 5.74) is 2.78. The maximum atomic E-state index is 5.19. The summed E-state index contributed by atoms with van der Waals surface area (Å²) in [7, 11) is 3.60. The number of ether oxygens (including phenoxy) is 1. The van der Waals surface area contributed by atoms with Crippen molar-refractivity contribution in [3.63, 3.8) is 0 Å². The highest BCUT2D eigenvalue weighted by molar-refractivity contribution is 5.45. The first-order valence-electron chi connectivity index (χ1n) is 7.16. The zero-order valence-electron chi connectivity index (χ0n) is 12.4. The van der Waals surface area contributed by atoms with Gasteiger partial charge in [0, 0.05) is 19.1 Å². The highest BCUT2D eigenvalue weighted by Gasteiger charge is 2.26. The molecule has 0 saturated heterocycles. The number of nitrogens with zero attached hydrogens (tertiary/aromatic N) is 3. The number of rotatable bonds is 4. The Kier molecular flexibility index (Phi) is 4.01. The molecule has 1 aliphatic rings. The Labute approximate surface area is 125 Å². The molecule has 0 spiro atoms. The first kappa shape index (κ1) is 13.8. The Hall–Kier alpha value is -2.14. The molecule has 1 N–H and O–H groups in total. The number of hydrogen-bond acceptors (Lipinski definition) is 5. The predicted molar refractivity (Wildman–Crippen MR) is 82.6 cm³/mol. The van der Waals surface area contributed by atoms with E-state index in [1.165, 1.54) is 11.1 Å². The first-order chi connectivity index (χ1) is 10.3. The van der Waals surface area contributed by atoms with Gasteiger partial charge in [-0.15, -0.1) is 0 Å². The third-order valence-electron chi connectivity index (χ3n) is 3.90. The van der Waals surface area contributed by atoms with Crippen molar-refractivity contribution < 1.29 is 4.74 Å². The molecule has 1 aliphatic heterocycles. The lowest BCUT2D eigenvalue weighted by molar-refractivity contribution is 0.394.